The second-order valence-corrected chi connectivity index (χ2v) is 7.65. The number of para-hydroxylation sites is 1. The van der Waals surface area contributed by atoms with E-state index in [1.54, 1.807) is 0 Å². The molecule has 0 spiro atoms. The van der Waals surface area contributed by atoms with Gasteiger partial charge in [-0.3, -0.25) is 14.6 Å². The molecule has 2 atom stereocenters. The van der Waals surface area contributed by atoms with Crippen LogP contribution in [0.25, 0.3) is 10.9 Å². The van der Waals surface area contributed by atoms with Crippen LogP contribution < -0.4 is 5.32 Å². The number of benzene rings is 1. The van der Waals surface area contributed by atoms with Crippen molar-refractivity contribution >= 4 is 22.6 Å². The van der Waals surface area contributed by atoms with Crippen molar-refractivity contribution in [2.75, 3.05) is 5.32 Å². The lowest BCUT2D eigenvalue weighted by Gasteiger charge is -2.03. The molecule has 2 aliphatic rings. The molecule has 134 valence electrons. The summed E-state index contributed by atoms with van der Waals surface area (Å²) in [5.74, 6) is 1.46. The van der Waals surface area contributed by atoms with Crippen molar-refractivity contribution in [1.82, 2.24) is 20.0 Å². The summed E-state index contributed by atoms with van der Waals surface area (Å²) in [7, 11) is 1.96. The number of H-pyrrole nitrogens is 1. The zero-order valence-electron chi connectivity index (χ0n) is 14.9. The second kappa shape index (κ2) is 5.97. The highest BCUT2D eigenvalue weighted by Crippen LogP contribution is 2.49. The molecule has 2 saturated carbocycles. The van der Waals surface area contributed by atoms with Gasteiger partial charge >= 0.3 is 0 Å². The molecular weight excluding hydrogens is 326 g/mol. The van der Waals surface area contributed by atoms with Crippen LogP contribution in [0.4, 0.5) is 5.82 Å². The minimum Gasteiger partial charge on any atom is -0.309 e. The summed E-state index contributed by atoms with van der Waals surface area (Å²) in [5.41, 5.74) is 3.31. The molecule has 2 aliphatic carbocycles. The van der Waals surface area contributed by atoms with Gasteiger partial charge < -0.3 is 5.32 Å². The van der Waals surface area contributed by atoms with Gasteiger partial charge in [0.2, 0.25) is 5.91 Å². The Morgan fingerprint density at radius 2 is 2.08 bits per heavy atom. The number of nitrogens with zero attached hydrogens (tertiary/aromatic N) is 3. The summed E-state index contributed by atoms with van der Waals surface area (Å²) in [6.07, 6.45) is 5.85. The van der Waals surface area contributed by atoms with Crippen molar-refractivity contribution in [3.63, 3.8) is 0 Å². The summed E-state index contributed by atoms with van der Waals surface area (Å²) in [6.45, 7) is 0. The van der Waals surface area contributed by atoms with E-state index in [4.69, 9.17) is 0 Å². The molecule has 2 aromatic heterocycles. The molecule has 2 fully saturated rings. The minimum absolute atomic E-state index is 0.0139. The number of carbonyl (C=O) groups is 1. The van der Waals surface area contributed by atoms with Crippen molar-refractivity contribution < 1.29 is 4.79 Å². The first-order chi connectivity index (χ1) is 12.7. The standard InChI is InChI=1S/C20H23N5O/c1-25-17-9-5-4-8-13(17)19(24-25)14-10-15(14)20(26)21-18-11-16(22-23-18)12-6-2-3-7-12/h4-5,8-9,11-12,14-15H,2-3,6-7,10H2,1H3,(H2,21,22,23,26)/t14-,15-/m1/s1. The predicted octanol–water partition coefficient (Wildman–Crippen LogP) is 3.70. The Morgan fingerprint density at radius 3 is 2.92 bits per heavy atom. The number of hydrogen-bond donors (Lipinski definition) is 2. The van der Waals surface area contributed by atoms with E-state index in [1.807, 2.05) is 29.9 Å². The van der Waals surface area contributed by atoms with Crippen LogP contribution in [0, 0.1) is 5.92 Å². The number of nitrogens with one attached hydrogen (secondary N) is 2. The molecule has 0 radical (unpaired) electrons. The van der Waals surface area contributed by atoms with Crippen LogP contribution >= 0.6 is 0 Å². The van der Waals surface area contributed by atoms with E-state index < -0.39 is 0 Å². The van der Waals surface area contributed by atoms with Gasteiger partial charge in [-0.25, -0.2) is 0 Å². The van der Waals surface area contributed by atoms with Gasteiger partial charge in [-0.15, -0.1) is 0 Å². The summed E-state index contributed by atoms with van der Waals surface area (Å²) < 4.78 is 1.90. The van der Waals surface area contributed by atoms with E-state index >= 15 is 0 Å². The number of aromatic nitrogens is 4. The van der Waals surface area contributed by atoms with Gasteiger partial charge in [0, 0.05) is 41.9 Å². The molecule has 0 saturated heterocycles. The quantitative estimate of drug-likeness (QED) is 0.754. The first-order valence-corrected chi connectivity index (χ1v) is 9.48. The van der Waals surface area contributed by atoms with E-state index in [-0.39, 0.29) is 17.7 Å². The van der Waals surface area contributed by atoms with Crippen molar-refractivity contribution in [2.45, 2.75) is 43.9 Å². The van der Waals surface area contributed by atoms with Crippen LogP contribution in [0.1, 0.15) is 55.3 Å². The number of aryl methyl sites for hydroxylation is 1. The van der Waals surface area contributed by atoms with Gasteiger partial charge in [0.05, 0.1) is 11.2 Å². The molecule has 0 bridgehead atoms. The van der Waals surface area contributed by atoms with Gasteiger partial charge in [-0.05, 0) is 25.3 Å². The van der Waals surface area contributed by atoms with E-state index in [1.165, 1.54) is 25.7 Å². The Hall–Kier alpha value is -2.63. The molecule has 2 N–H and O–H groups in total. The monoisotopic (exact) mass is 349 g/mol. The van der Waals surface area contributed by atoms with Crippen molar-refractivity contribution in [1.29, 1.82) is 0 Å². The molecule has 3 aromatic rings. The van der Waals surface area contributed by atoms with Crippen LogP contribution in [0.2, 0.25) is 0 Å². The molecule has 26 heavy (non-hydrogen) atoms. The lowest BCUT2D eigenvalue weighted by Crippen LogP contribution is -2.15. The third-order valence-corrected chi connectivity index (χ3v) is 5.91. The largest absolute Gasteiger partial charge is 0.309 e. The predicted molar refractivity (Wildman–Crippen MR) is 100.0 cm³/mol. The zero-order chi connectivity index (χ0) is 17.7. The smallest absolute Gasteiger partial charge is 0.229 e. The number of aromatic amines is 1. The van der Waals surface area contributed by atoms with Crippen LogP contribution in [-0.4, -0.2) is 25.9 Å². The molecule has 0 aliphatic heterocycles. The average molecular weight is 349 g/mol. The van der Waals surface area contributed by atoms with E-state index in [2.05, 4.69) is 32.7 Å². The molecule has 2 heterocycles. The molecule has 5 rings (SSSR count). The maximum absolute atomic E-state index is 12.6. The third-order valence-electron chi connectivity index (χ3n) is 5.91. The number of amides is 1. The van der Waals surface area contributed by atoms with Crippen LogP contribution in [-0.2, 0) is 11.8 Å². The Balaban J connectivity index is 1.29. The van der Waals surface area contributed by atoms with E-state index in [0.717, 1.165) is 28.7 Å². The molecular formula is C20H23N5O. The maximum Gasteiger partial charge on any atom is 0.229 e. The molecule has 1 amide bonds. The summed E-state index contributed by atoms with van der Waals surface area (Å²) in [5, 5.41) is 16.2. The Morgan fingerprint density at radius 1 is 1.27 bits per heavy atom. The maximum atomic E-state index is 12.6. The van der Waals surface area contributed by atoms with Crippen LogP contribution in [0.5, 0.6) is 0 Å². The molecule has 0 unspecified atom stereocenters. The Kier molecular flexibility index (Phi) is 3.58. The average Bonchev–Trinajstić information content (AvgIpc) is 3.02. The Bertz CT molecular complexity index is 966. The summed E-state index contributed by atoms with van der Waals surface area (Å²) in [6, 6.07) is 10.2. The van der Waals surface area contributed by atoms with Crippen LogP contribution in [0.15, 0.2) is 30.3 Å². The van der Waals surface area contributed by atoms with Gasteiger partial charge in [-0.1, -0.05) is 31.0 Å². The fraction of sp³-hybridized carbons (Fsp3) is 0.450. The first-order valence-electron chi connectivity index (χ1n) is 9.48. The summed E-state index contributed by atoms with van der Waals surface area (Å²) >= 11 is 0. The summed E-state index contributed by atoms with van der Waals surface area (Å²) in [4.78, 5) is 12.6. The first kappa shape index (κ1) is 15.6. The minimum atomic E-state index is -0.0139. The van der Waals surface area contributed by atoms with Crippen LogP contribution in [0.3, 0.4) is 0 Å². The zero-order valence-corrected chi connectivity index (χ0v) is 14.9. The molecule has 1 aromatic carbocycles. The lowest BCUT2D eigenvalue weighted by atomic mass is 10.0. The van der Waals surface area contributed by atoms with Gasteiger partial charge in [0.25, 0.3) is 0 Å². The third kappa shape index (κ3) is 2.60. The van der Waals surface area contributed by atoms with Gasteiger partial charge in [0.15, 0.2) is 5.82 Å². The van der Waals surface area contributed by atoms with E-state index in [9.17, 15) is 4.79 Å². The molecule has 6 nitrogen and oxygen atoms in total. The fourth-order valence-electron chi connectivity index (χ4n) is 4.37. The van der Waals surface area contributed by atoms with Gasteiger partial charge in [0.1, 0.15) is 0 Å². The second-order valence-electron chi connectivity index (χ2n) is 7.65. The number of fused-ring (bicyclic) bond motifs is 1. The number of anilines is 1. The van der Waals surface area contributed by atoms with Crippen molar-refractivity contribution in [3.05, 3.63) is 41.7 Å². The number of rotatable bonds is 4. The topological polar surface area (TPSA) is 75.6 Å². The Labute approximate surface area is 152 Å². The highest BCUT2D eigenvalue weighted by Gasteiger charge is 2.46. The number of carbonyl (C=O) groups excluding carboxylic acids is 1. The van der Waals surface area contributed by atoms with E-state index in [0.29, 0.717) is 11.7 Å². The highest BCUT2D eigenvalue weighted by atomic mass is 16.2. The molecule has 6 heteroatoms. The van der Waals surface area contributed by atoms with Crippen molar-refractivity contribution in [3.8, 4) is 0 Å². The number of hydrogen-bond acceptors (Lipinski definition) is 3. The normalized spacial score (nSPS) is 22.8. The fourth-order valence-corrected chi connectivity index (χ4v) is 4.37. The lowest BCUT2D eigenvalue weighted by molar-refractivity contribution is -0.117. The van der Waals surface area contributed by atoms with Crippen molar-refractivity contribution in [2.24, 2.45) is 13.0 Å². The highest BCUT2D eigenvalue weighted by molar-refractivity contribution is 5.95. The SMILES string of the molecule is Cn1nc([C@@H]2C[C@H]2C(=O)Nc2cc(C3CCCC3)[nH]n2)c2ccccc21. The van der Waals surface area contributed by atoms with Gasteiger partial charge in [-0.2, -0.15) is 10.2 Å².